The normalized spacial score (nSPS) is 12.2. The van der Waals surface area contributed by atoms with Crippen LogP contribution in [0.25, 0.3) is 0 Å². The number of carbonyl (C=O) groups is 2. The van der Waals surface area contributed by atoms with Gasteiger partial charge in [0.15, 0.2) is 6.10 Å². The molecule has 0 saturated heterocycles. The van der Waals surface area contributed by atoms with Gasteiger partial charge in [0, 0.05) is 12.8 Å². The monoisotopic (exact) mass is 609 g/mol. The Hall–Kier alpha value is -1.36. The van der Waals surface area contributed by atoms with Gasteiger partial charge in [0.2, 0.25) is 0 Å². The van der Waals surface area contributed by atoms with Gasteiger partial charge >= 0.3 is 11.9 Å². The van der Waals surface area contributed by atoms with Crippen LogP contribution < -0.4 is 0 Å². The lowest BCUT2D eigenvalue weighted by Gasteiger charge is -2.15. The van der Waals surface area contributed by atoms with Gasteiger partial charge in [0.25, 0.3) is 0 Å². The van der Waals surface area contributed by atoms with Gasteiger partial charge in [-0.1, -0.05) is 161 Å². The lowest BCUT2D eigenvalue weighted by Crippen LogP contribution is -2.28. The number of rotatable bonds is 34. The molecule has 0 aromatic heterocycles. The van der Waals surface area contributed by atoms with Crippen molar-refractivity contribution in [2.24, 2.45) is 0 Å². The van der Waals surface area contributed by atoms with Gasteiger partial charge < -0.3 is 14.6 Å². The van der Waals surface area contributed by atoms with E-state index in [0.717, 1.165) is 38.5 Å². The summed E-state index contributed by atoms with van der Waals surface area (Å²) in [5.41, 5.74) is 0. The predicted octanol–water partition coefficient (Wildman–Crippen LogP) is 11.3. The number of carbonyl (C=O) groups excluding carboxylic acids is 2. The zero-order chi connectivity index (χ0) is 31.5. The van der Waals surface area contributed by atoms with E-state index in [1.165, 1.54) is 135 Å². The Balaban J connectivity index is 3.53. The Kier molecular flexibility index (Phi) is 34.0. The molecule has 0 fully saturated rings. The molecule has 0 saturated carbocycles. The highest BCUT2D eigenvalue weighted by Gasteiger charge is 2.16. The fourth-order valence-corrected chi connectivity index (χ4v) is 5.43. The van der Waals surface area contributed by atoms with Gasteiger partial charge in [-0.05, 0) is 38.5 Å². The largest absolute Gasteiger partial charge is 0.462 e. The second kappa shape index (κ2) is 35.1. The van der Waals surface area contributed by atoms with Gasteiger partial charge in [0.1, 0.15) is 6.61 Å². The molecule has 0 unspecified atom stereocenters. The summed E-state index contributed by atoms with van der Waals surface area (Å²) in [7, 11) is 0. The molecule has 0 aliphatic heterocycles. The highest BCUT2D eigenvalue weighted by molar-refractivity contribution is 5.70. The van der Waals surface area contributed by atoms with Gasteiger partial charge in [-0.25, -0.2) is 0 Å². The number of aliphatic hydroxyl groups is 1. The molecule has 254 valence electrons. The highest BCUT2D eigenvalue weighted by atomic mass is 16.6. The highest BCUT2D eigenvalue weighted by Crippen LogP contribution is 2.14. The third kappa shape index (κ3) is 33.4. The van der Waals surface area contributed by atoms with Crippen LogP contribution >= 0.6 is 0 Å². The van der Waals surface area contributed by atoms with Crippen molar-refractivity contribution in [3.05, 3.63) is 12.2 Å². The smallest absolute Gasteiger partial charge is 0.306 e. The van der Waals surface area contributed by atoms with E-state index in [4.69, 9.17) is 9.47 Å². The second-order valence-corrected chi connectivity index (χ2v) is 12.7. The summed E-state index contributed by atoms with van der Waals surface area (Å²) in [5, 5.41) is 9.53. The molecule has 0 aromatic rings. The van der Waals surface area contributed by atoms with E-state index in [2.05, 4.69) is 26.0 Å². The van der Waals surface area contributed by atoms with Crippen molar-refractivity contribution in [3.63, 3.8) is 0 Å². The second-order valence-electron chi connectivity index (χ2n) is 12.7. The van der Waals surface area contributed by atoms with Crippen LogP contribution in [0.3, 0.4) is 0 Å². The third-order valence-corrected chi connectivity index (χ3v) is 8.31. The van der Waals surface area contributed by atoms with E-state index < -0.39 is 6.10 Å². The first-order chi connectivity index (χ1) is 21.1. The third-order valence-electron chi connectivity index (χ3n) is 8.31. The number of unbranched alkanes of at least 4 members (excludes halogenated alkanes) is 24. The summed E-state index contributed by atoms with van der Waals surface area (Å²) in [6.07, 6.45) is 38.3. The van der Waals surface area contributed by atoms with Crippen molar-refractivity contribution in [3.8, 4) is 0 Å². The first kappa shape index (κ1) is 41.6. The Labute approximate surface area is 267 Å². The Morgan fingerprint density at radius 3 is 1.28 bits per heavy atom. The maximum atomic E-state index is 12.1. The van der Waals surface area contributed by atoms with Crippen LogP contribution in [0.5, 0.6) is 0 Å². The van der Waals surface area contributed by atoms with Crippen molar-refractivity contribution in [2.45, 2.75) is 206 Å². The number of aliphatic hydroxyl groups excluding tert-OH is 1. The van der Waals surface area contributed by atoms with Crippen LogP contribution in [0.15, 0.2) is 12.2 Å². The lowest BCUT2D eigenvalue weighted by atomic mass is 10.0. The van der Waals surface area contributed by atoms with Gasteiger partial charge in [-0.15, -0.1) is 0 Å². The molecule has 1 atom stereocenters. The fraction of sp³-hybridized carbons (Fsp3) is 0.895. The molecule has 0 heterocycles. The molecular formula is C38H72O5. The van der Waals surface area contributed by atoms with Crippen molar-refractivity contribution in [2.75, 3.05) is 13.2 Å². The molecule has 0 bridgehead atoms. The van der Waals surface area contributed by atoms with E-state index in [9.17, 15) is 14.7 Å². The van der Waals surface area contributed by atoms with Crippen molar-refractivity contribution in [1.29, 1.82) is 0 Å². The molecule has 0 aliphatic carbocycles. The van der Waals surface area contributed by atoms with Crippen LogP contribution in [-0.2, 0) is 19.1 Å². The number of ether oxygens (including phenoxy) is 2. The molecule has 0 spiro atoms. The number of hydrogen-bond acceptors (Lipinski definition) is 5. The van der Waals surface area contributed by atoms with Gasteiger partial charge in [-0.2, -0.15) is 0 Å². The molecule has 1 N–H and O–H groups in total. The molecule has 0 radical (unpaired) electrons. The summed E-state index contributed by atoms with van der Waals surface area (Å²) in [4.78, 5) is 24.2. The summed E-state index contributed by atoms with van der Waals surface area (Å²) < 4.78 is 10.6. The van der Waals surface area contributed by atoms with E-state index in [0.29, 0.717) is 12.8 Å². The van der Waals surface area contributed by atoms with Crippen LogP contribution in [0, 0.1) is 0 Å². The minimum absolute atomic E-state index is 0.0625. The van der Waals surface area contributed by atoms with Crippen LogP contribution in [-0.4, -0.2) is 36.4 Å². The van der Waals surface area contributed by atoms with Gasteiger partial charge in [0.05, 0.1) is 6.61 Å². The van der Waals surface area contributed by atoms with Crippen LogP contribution in [0.2, 0.25) is 0 Å². The van der Waals surface area contributed by atoms with Crippen LogP contribution in [0.4, 0.5) is 0 Å². The molecule has 0 aliphatic rings. The number of hydrogen-bond donors (Lipinski definition) is 1. The predicted molar refractivity (Wildman–Crippen MR) is 182 cm³/mol. The fourth-order valence-electron chi connectivity index (χ4n) is 5.43. The summed E-state index contributed by atoms with van der Waals surface area (Å²) in [6, 6.07) is 0. The quantitative estimate of drug-likeness (QED) is 0.0447. The zero-order valence-electron chi connectivity index (χ0n) is 28.7. The summed E-state index contributed by atoms with van der Waals surface area (Å²) in [5.74, 6) is -0.588. The minimum Gasteiger partial charge on any atom is -0.462 e. The summed E-state index contributed by atoms with van der Waals surface area (Å²) >= 11 is 0. The maximum Gasteiger partial charge on any atom is 0.306 e. The number of allylic oxidation sites excluding steroid dienone is 2. The Morgan fingerprint density at radius 2 is 0.860 bits per heavy atom. The Morgan fingerprint density at radius 1 is 0.512 bits per heavy atom. The Bertz CT molecular complexity index is 617. The average molecular weight is 609 g/mol. The van der Waals surface area contributed by atoms with Crippen LogP contribution in [0.1, 0.15) is 200 Å². The van der Waals surface area contributed by atoms with Gasteiger partial charge in [-0.3, -0.25) is 9.59 Å². The molecule has 0 amide bonds. The minimum atomic E-state index is -0.765. The van der Waals surface area contributed by atoms with E-state index in [1.54, 1.807) is 0 Å². The molecule has 0 rings (SSSR count). The standard InChI is InChI=1S/C38H72O5/c1-3-5-7-9-11-13-15-17-19-21-22-24-26-28-30-32-37(40)42-35-36(34-39)43-38(41)33-31-29-27-25-23-20-18-16-14-12-10-8-6-4-2/h13,15,36,39H,3-12,14,16-35H2,1-2H3/b15-13+/t36-/m0/s1. The maximum absolute atomic E-state index is 12.1. The molecule has 43 heavy (non-hydrogen) atoms. The topological polar surface area (TPSA) is 72.8 Å². The first-order valence-corrected chi connectivity index (χ1v) is 18.7. The first-order valence-electron chi connectivity index (χ1n) is 18.7. The van der Waals surface area contributed by atoms with Crippen molar-refractivity contribution >= 4 is 11.9 Å². The number of esters is 2. The van der Waals surface area contributed by atoms with Crippen molar-refractivity contribution in [1.82, 2.24) is 0 Å². The average Bonchev–Trinajstić information content (AvgIpc) is 3.01. The van der Waals surface area contributed by atoms with E-state index in [1.807, 2.05) is 0 Å². The van der Waals surface area contributed by atoms with Crippen molar-refractivity contribution < 1.29 is 24.2 Å². The zero-order valence-corrected chi connectivity index (χ0v) is 28.7. The summed E-state index contributed by atoms with van der Waals surface area (Å²) in [6.45, 7) is 4.13. The molecule has 5 heteroatoms. The molecule has 5 nitrogen and oxygen atoms in total. The SMILES string of the molecule is CCCCCC/C=C/CCCCCCCCCC(=O)OC[C@H](CO)OC(=O)CCCCCCCCCCCCCCCC. The molecule has 0 aromatic carbocycles. The van der Waals surface area contributed by atoms with E-state index in [-0.39, 0.29) is 25.2 Å². The lowest BCUT2D eigenvalue weighted by molar-refractivity contribution is -0.161. The molecular weight excluding hydrogens is 536 g/mol. The van der Waals surface area contributed by atoms with E-state index >= 15 is 0 Å².